The van der Waals surface area contributed by atoms with Crippen LogP contribution in [0.2, 0.25) is 0 Å². The second kappa shape index (κ2) is 7.57. The van der Waals surface area contributed by atoms with Gasteiger partial charge in [0.15, 0.2) is 0 Å². The van der Waals surface area contributed by atoms with Crippen molar-refractivity contribution in [3.63, 3.8) is 0 Å². The molecule has 0 saturated heterocycles. The van der Waals surface area contributed by atoms with E-state index >= 15 is 0 Å². The van der Waals surface area contributed by atoms with Gasteiger partial charge in [0.05, 0.1) is 15.5 Å². The van der Waals surface area contributed by atoms with Crippen molar-refractivity contribution in [3.8, 4) is 0 Å². The van der Waals surface area contributed by atoms with Crippen LogP contribution in [0.1, 0.15) is 25.8 Å². The van der Waals surface area contributed by atoms with E-state index in [1.807, 2.05) is 6.07 Å². The molecule has 0 aliphatic rings. The van der Waals surface area contributed by atoms with Crippen LogP contribution in [0.5, 0.6) is 0 Å². The molecule has 2 N–H and O–H groups in total. The molecule has 1 unspecified atom stereocenters. The number of benzene rings is 1. The Labute approximate surface area is 121 Å². The van der Waals surface area contributed by atoms with Gasteiger partial charge in [-0.2, -0.15) is 0 Å². The maximum absolute atomic E-state index is 10.8. The molecule has 0 radical (unpaired) electrons. The summed E-state index contributed by atoms with van der Waals surface area (Å²) in [6, 6.07) is 4.94. The van der Waals surface area contributed by atoms with Crippen LogP contribution >= 0.6 is 15.9 Å². The average Bonchev–Trinajstić information content (AvgIpc) is 2.30. The van der Waals surface area contributed by atoms with E-state index in [2.05, 4.69) is 35.1 Å². The van der Waals surface area contributed by atoms with Gasteiger partial charge in [-0.15, -0.1) is 0 Å². The standard InChI is InChI=1S/C13H19BrN2O3/c1-9(2)6-11(17)8-15-7-10-4-3-5-12(13(10)14)16(18)19/h3-5,9,11,15,17H,6-8H2,1-2H3. The molecular weight excluding hydrogens is 312 g/mol. The van der Waals surface area contributed by atoms with E-state index in [1.165, 1.54) is 6.07 Å². The summed E-state index contributed by atoms with van der Waals surface area (Å²) in [5, 5.41) is 23.6. The van der Waals surface area contributed by atoms with E-state index in [0.717, 1.165) is 12.0 Å². The zero-order valence-corrected chi connectivity index (χ0v) is 12.7. The lowest BCUT2D eigenvalue weighted by molar-refractivity contribution is -0.385. The van der Waals surface area contributed by atoms with Gasteiger partial charge >= 0.3 is 0 Å². The van der Waals surface area contributed by atoms with E-state index in [9.17, 15) is 15.2 Å². The maximum atomic E-state index is 10.8. The zero-order chi connectivity index (χ0) is 14.4. The molecule has 106 valence electrons. The minimum atomic E-state index is -0.415. The van der Waals surface area contributed by atoms with Gasteiger partial charge in [0, 0.05) is 19.2 Å². The Hall–Kier alpha value is -0.980. The highest BCUT2D eigenvalue weighted by molar-refractivity contribution is 9.10. The highest BCUT2D eigenvalue weighted by Crippen LogP contribution is 2.28. The van der Waals surface area contributed by atoms with Crippen LogP contribution in [0.4, 0.5) is 5.69 Å². The molecule has 0 saturated carbocycles. The van der Waals surface area contributed by atoms with Gasteiger partial charge in [-0.05, 0) is 33.8 Å². The third kappa shape index (κ3) is 5.26. The van der Waals surface area contributed by atoms with Crippen LogP contribution in [0.25, 0.3) is 0 Å². The van der Waals surface area contributed by atoms with Crippen molar-refractivity contribution in [2.75, 3.05) is 6.54 Å². The Balaban J connectivity index is 2.54. The van der Waals surface area contributed by atoms with E-state index in [0.29, 0.717) is 23.5 Å². The molecule has 0 aliphatic carbocycles. The highest BCUT2D eigenvalue weighted by atomic mass is 79.9. The second-order valence-corrected chi connectivity index (χ2v) is 5.71. The molecule has 6 heteroatoms. The van der Waals surface area contributed by atoms with E-state index < -0.39 is 11.0 Å². The summed E-state index contributed by atoms with van der Waals surface area (Å²) in [7, 11) is 0. The van der Waals surface area contributed by atoms with Crippen LogP contribution in [0, 0.1) is 16.0 Å². The smallest absolute Gasteiger partial charge is 0.283 e. The molecule has 5 nitrogen and oxygen atoms in total. The van der Waals surface area contributed by atoms with Gasteiger partial charge in [-0.3, -0.25) is 10.1 Å². The van der Waals surface area contributed by atoms with Crippen LogP contribution in [0.3, 0.4) is 0 Å². The predicted octanol–water partition coefficient (Wildman–Crippen LogP) is 2.85. The second-order valence-electron chi connectivity index (χ2n) is 4.92. The number of hydrogen-bond acceptors (Lipinski definition) is 4. The summed E-state index contributed by atoms with van der Waals surface area (Å²) >= 11 is 3.25. The fraction of sp³-hybridized carbons (Fsp3) is 0.538. The summed E-state index contributed by atoms with van der Waals surface area (Å²) in [4.78, 5) is 10.4. The summed E-state index contributed by atoms with van der Waals surface area (Å²) in [6.07, 6.45) is 0.348. The van der Waals surface area contributed by atoms with E-state index in [4.69, 9.17) is 0 Å². The summed E-state index contributed by atoms with van der Waals surface area (Å²) in [5.74, 6) is 0.446. The Morgan fingerprint density at radius 1 is 1.47 bits per heavy atom. The van der Waals surface area contributed by atoms with Gasteiger partial charge in [-0.1, -0.05) is 26.0 Å². The lowest BCUT2D eigenvalue weighted by Crippen LogP contribution is -2.27. The molecule has 19 heavy (non-hydrogen) atoms. The molecule has 0 aromatic heterocycles. The summed E-state index contributed by atoms with van der Waals surface area (Å²) < 4.78 is 0.492. The molecule has 0 amide bonds. The Morgan fingerprint density at radius 2 is 2.16 bits per heavy atom. The third-order valence-electron chi connectivity index (χ3n) is 2.69. The molecule has 0 spiro atoms. The molecule has 1 atom stereocenters. The molecule has 0 bridgehead atoms. The Bertz CT molecular complexity index is 438. The fourth-order valence-electron chi connectivity index (χ4n) is 1.84. The maximum Gasteiger partial charge on any atom is 0.283 e. The number of nitrogens with one attached hydrogen (secondary N) is 1. The first-order valence-electron chi connectivity index (χ1n) is 6.22. The van der Waals surface area contributed by atoms with Crippen molar-refractivity contribution in [1.29, 1.82) is 0 Å². The van der Waals surface area contributed by atoms with Crippen LogP contribution in [-0.4, -0.2) is 22.7 Å². The van der Waals surface area contributed by atoms with Crippen molar-refractivity contribution in [1.82, 2.24) is 5.32 Å². The summed E-state index contributed by atoms with van der Waals surface area (Å²) in [6.45, 7) is 5.07. The van der Waals surface area contributed by atoms with Gasteiger partial charge in [0.25, 0.3) is 5.69 Å². The number of hydrogen-bond donors (Lipinski definition) is 2. The van der Waals surface area contributed by atoms with Crippen LogP contribution in [0.15, 0.2) is 22.7 Å². The number of aliphatic hydroxyl groups excluding tert-OH is 1. The van der Waals surface area contributed by atoms with Gasteiger partial charge in [-0.25, -0.2) is 0 Å². The van der Waals surface area contributed by atoms with Crippen LogP contribution in [-0.2, 0) is 6.54 Å². The molecule has 1 rings (SSSR count). The van der Waals surface area contributed by atoms with Gasteiger partial charge in [0.1, 0.15) is 0 Å². The van der Waals surface area contributed by atoms with E-state index in [-0.39, 0.29) is 5.69 Å². The number of halogens is 1. The number of nitro groups is 1. The average molecular weight is 331 g/mol. The zero-order valence-electron chi connectivity index (χ0n) is 11.1. The molecule has 0 aliphatic heterocycles. The van der Waals surface area contributed by atoms with Crippen molar-refractivity contribution < 1.29 is 10.0 Å². The lowest BCUT2D eigenvalue weighted by atomic mass is 10.1. The first-order chi connectivity index (χ1) is 8.91. The Kier molecular flexibility index (Phi) is 6.41. The highest BCUT2D eigenvalue weighted by Gasteiger charge is 2.14. The molecule has 0 heterocycles. The SMILES string of the molecule is CC(C)CC(O)CNCc1cccc([N+](=O)[O-])c1Br. The summed E-state index contributed by atoms with van der Waals surface area (Å²) in [5.41, 5.74) is 0.868. The van der Waals surface area contributed by atoms with Crippen molar-refractivity contribution in [3.05, 3.63) is 38.3 Å². The topological polar surface area (TPSA) is 75.4 Å². The largest absolute Gasteiger partial charge is 0.392 e. The number of aliphatic hydroxyl groups is 1. The van der Waals surface area contributed by atoms with Crippen molar-refractivity contribution in [2.45, 2.75) is 32.9 Å². The fourth-order valence-corrected chi connectivity index (χ4v) is 2.39. The minimum Gasteiger partial charge on any atom is -0.392 e. The van der Waals surface area contributed by atoms with Gasteiger partial charge in [0.2, 0.25) is 0 Å². The number of nitrogens with zero attached hydrogens (tertiary/aromatic N) is 1. The van der Waals surface area contributed by atoms with E-state index in [1.54, 1.807) is 6.07 Å². The van der Waals surface area contributed by atoms with Gasteiger partial charge < -0.3 is 10.4 Å². The lowest BCUT2D eigenvalue weighted by Gasteiger charge is -2.14. The van der Waals surface area contributed by atoms with Crippen LogP contribution < -0.4 is 5.32 Å². The number of rotatable bonds is 7. The molecule has 1 aromatic rings. The normalized spacial score (nSPS) is 12.7. The molecule has 0 fully saturated rings. The monoisotopic (exact) mass is 330 g/mol. The van der Waals surface area contributed by atoms with Crippen molar-refractivity contribution in [2.24, 2.45) is 5.92 Å². The quantitative estimate of drug-likeness (QED) is 0.595. The first-order valence-corrected chi connectivity index (χ1v) is 7.01. The minimum absolute atomic E-state index is 0.0574. The molecule has 1 aromatic carbocycles. The predicted molar refractivity (Wildman–Crippen MR) is 78.0 cm³/mol. The van der Waals surface area contributed by atoms with Crippen molar-refractivity contribution >= 4 is 21.6 Å². The molecular formula is C13H19BrN2O3. The Morgan fingerprint density at radius 3 is 2.74 bits per heavy atom. The third-order valence-corrected chi connectivity index (χ3v) is 3.61. The number of nitro benzene ring substituents is 1. The first kappa shape index (κ1) is 16.1.